The highest BCUT2D eigenvalue weighted by Crippen LogP contribution is 2.63. The number of allylic oxidation sites excluding steroid dienone is 14. The molecule has 5 rings (SSSR count). The van der Waals surface area contributed by atoms with E-state index in [0.717, 1.165) is 12.8 Å². The maximum absolute atomic E-state index is 2.34. The molecule has 0 aromatic carbocycles. The molecule has 1 atom stereocenters. The molecule has 0 radical (unpaired) electrons. The van der Waals surface area contributed by atoms with Crippen LogP contribution in [0.1, 0.15) is 32.6 Å². The molecule has 0 spiro atoms. The topological polar surface area (TPSA) is 0 Å². The number of hydrogen-bond donors (Lipinski definition) is 0. The molecule has 1 fully saturated rings. The van der Waals surface area contributed by atoms with E-state index in [4.69, 9.17) is 0 Å². The summed E-state index contributed by atoms with van der Waals surface area (Å²) in [6.45, 7) is 2.32. The Hall–Kier alpha value is -1.47. The average Bonchev–Trinajstić information content (AvgIpc) is 3.25. The standard InChI is InChI=1S/C20H18S/c1-12-15-10-11-16-17(13-6-2-3-7-13)18(14-8-4-5-9-14)20(21-12)19(15)16/h2-6,8,19H,7,9-11H2,1H3. The molecule has 1 saturated carbocycles. The minimum Gasteiger partial charge on any atom is -0.0977 e. The van der Waals surface area contributed by atoms with Gasteiger partial charge in [-0.25, -0.2) is 0 Å². The van der Waals surface area contributed by atoms with E-state index in [9.17, 15) is 0 Å². The third-order valence-corrected chi connectivity index (χ3v) is 6.57. The third-order valence-electron chi connectivity index (χ3n) is 5.34. The predicted molar refractivity (Wildman–Crippen MR) is 90.7 cm³/mol. The van der Waals surface area contributed by atoms with Crippen LogP contribution >= 0.6 is 11.8 Å². The van der Waals surface area contributed by atoms with Gasteiger partial charge >= 0.3 is 0 Å². The summed E-state index contributed by atoms with van der Waals surface area (Å²) in [7, 11) is 0. The Morgan fingerprint density at radius 1 is 0.905 bits per heavy atom. The Labute approximate surface area is 130 Å². The predicted octanol–water partition coefficient (Wildman–Crippen LogP) is 5.75. The van der Waals surface area contributed by atoms with Crippen molar-refractivity contribution in [3.05, 3.63) is 79.7 Å². The van der Waals surface area contributed by atoms with Gasteiger partial charge in [-0.05, 0) is 71.0 Å². The van der Waals surface area contributed by atoms with Gasteiger partial charge in [-0.15, -0.1) is 0 Å². The maximum atomic E-state index is 2.34. The van der Waals surface area contributed by atoms with Crippen LogP contribution < -0.4 is 0 Å². The van der Waals surface area contributed by atoms with Gasteiger partial charge in [-0.2, -0.15) is 0 Å². The zero-order chi connectivity index (χ0) is 14.0. The van der Waals surface area contributed by atoms with Gasteiger partial charge in [0.15, 0.2) is 0 Å². The Morgan fingerprint density at radius 3 is 2.24 bits per heavy atom. The fraction of sp³-hybridized carbons (Fsp3) is 0.300. The van der Waals surface area contributed by atoms with E-state index < -0.39 is 0 Å². The van der Waals surface area contributed by atoms with Gasteiger partial charge in [0.05, 0.1) is 0 Å². The van der Waals surface area contributed by atoms with Crippen molar-refractivity contribution in [2.45, 2.75) is 32.6 Å². The lowest BCUT2D eigenvalue weighted by Crippen LogP contribution is -1.96. The lowest BCUT2D eigenvalue weighted by molar-refractivity contribution is 0.967. The Balaban J connectivity index is 1.73. The van der Waals surface area contributed by atoms with Crippen LogP contribution in [0.25, 0.3) is 0 Å². The van der Waals surface area contributed by atoms with Gasteiger partial charge in [0, 0.05) is 10.8 Å². The molecule has 1 heterocycles. The molecular weight excluding hydrogens is 272 g/mol. The molecule has 0 amide bonds. The van der Waals surface area contributed by atoms with Crippen molar-refractivity contribution < 1.29 is 0 Å². The van der Waals surface area contributed by atoms with E-state index in [2.05, 4.69) is 55.1 Å². The first-order chi connectivity index (χ1) is 10.3. The Bertz CT molecular complexity index is 775. The van der Waals surface area contributed by atoms with Crippen molar-refractivity contribution >= 4 is 11.8 Å². The van der Waals surface area contributed by atoms with Gasteiger partial charge in [0.1, 0.15) is 0 Å². The normalized spacial score (nSPS) is 29.3. The second kappa shape index (κ2) is 4.27. The summed E-state index contributed by atoms with van der Waals surface area (Å²) in [5.74, 6) is 0.656. The van der Waals surface area contributed by atoms with Gasteiger partial charge in [-0.1, -0.05) is 48.2 Å². The van der Waals surface area contributed by atoms with Crippen LogP contribution in [0.2, 0.25) is 0 Å². The summed E-state index contributed by atoms with van der Waals surface area (Å²) < 4.78 is 0. The van der Waals surface area contributed by atoms with E-state index in [1.54, 1.807) is 37.7 Å². The molecule has 5 aliphatic rings. The molecule has 0 aromatic heterocycles. The van der Waals surface area contributed by atoms with Crippen molar-refractivity contribution in [1.29, 1.82) is 0 Å². The van der Waals surface area contributed by atoms with Crippen molar-refractivity contribution in [3.63, 3.8) is 0 Å². The van der Waals surface area contributed by atoms with E-state index in [1.165, 1.54) is 18.4 Å². The van der Waals surface area contributed by atoms with Crippen LogP contribution in [0, 0.1) is 5.92 Å². The van der Waals surface area contributed by atoms with Crippen molar-refractivity contribution in [2.24, 2.45) is 5.92 Å². The lowest BCUT2D eigenvalue weighted by Gasteiger charge is -2.14. The van der Waals surface area contributed by atoms with Crippen LogP contribution in [0.5, 0.6) is 0 Å². The lowest BCUT2D eigenvalue weighted by atomic mass is 9.91. The molecule has 0 aromatic rings. The quantitative estimate of drug-likeness (QED) is 0.623. The molecular formula is C20H18S. The van der Waals surface area contributed by atoms with E-state index >= 15 is 0 Å². The fourth-order valence-electron chi connectivity index (χ4n) is 4.45. The molecule has 1 aliphatic heterocycles. The molecule has 0 saturated heterocycles. The van der Waals surface area contributed by atoms with Crippen LogP contribution in [0.15, 0.2) is 79.7 Å². The van der Waals surface area contributed by atoms with Crippen molar-refractivity contribution in [2.75, 3.05) is 0 Å². The summed E-state index contributed by atoms with van der Waals surface area (Å²) in [6, 6.07) is 0. The fourth-order valence-corrected chi connectivity index (χ4v) is 5.87. The monoisotopic (exact) mass is 290 g/mol. The smallest absolute Gasteiger partial charge is 0.0347 e. The first-order valence-corrected chi connectivity index (χ1v) is 8.73. The summed E-state index contributed by atoms with van der Waals surface area (Å²) in [4.78, 5) is 3.22. The third kappa shape index (κ3) is 1.53. The highest BCUT2D eigenvalue weighted by Gasteiger charge is 2.45. The van der Waals surface area contributed by atoms with E-state index in [1.807, 2.05) is 0 Å². The minimum atomic E-state index is 0.656. The highest BCUT2D eigenvalue weighted by atomic mass is 32.2. The second-order valence-electron chi connectivity index (χ2n) is 6.40. The summed E-state index contributed by atoms with van der Waals surface area (Å²) >= 11 is 2.06. The van der Waals surface area contributed by atoms with Crippen molar-refractivity contribution in [1.82, 2.24) is 0 Å². The second-order valence-corrected chi connectivity index (χ2v) is 7.66. The highest BCUT2D eigenvalue weighted by molar-refractivity contribution is 8.07. The zero-order valence-electron chi connectivity index (χ0n) is 12.3. The SMILES string of the molecule is CC1=C2CCC3=C(C4=CC=CC4)C(C4=CC=CC4)=C(S1)C23. The number of rotatable bonds is 2. The Morgan fingerprint density at radius 2 is 1.57 bits per heavy atom. The first-order valence-electron chi connectivity index (χ1n) is 7.92. The molecule has 0 N–H and O–H groups in total. The van der Waals surface area contributed by atoms with E-state index in [0.29, 0.717) is 5.92 Å². The molecule has 21 heavy (non-hydrogen) atoms. The first kappa shape index (κ1) is 12.1. The van der Waals surface area contributed by atoms with Crippen LogP contribution in [0.4, 0.5) is 0 Å². The Kier molecular flexibility index (Phi) is 2.46. The van der Waals surface area contributed by atoms with Gasteiger partial charge in [-0.3, -0.25) is 0 Å². The number of hydrogen-bond acceptors (Lipinski definition) is 1. The number of thioether (sulfide) groups is 1. The molecule has 0 bridgehead atoms. The summed E-state index contributed by atoms with van der Waals surface area (Å²) in [6.07, 6.45) is 18.5. The molecule has 104 valence electrons. The van der Waals surface area contributed by atoms with Gasteiger partial charge in [0.2, 0.25) is 0 Å². The minimum absolute atomic E-state index is 0.656. The van der Waals surface area contributed by atoms with Crippen LogP contribution in [0.3, 0.4) is 0 Å². The van der Waals surface area contributed by atoms with Crippen LogP contribution in [-0.4, -0.2) is 0 Å². The molecule has 4 aliphatic carbocycles. The van der Waals surface area contributed by atoms with Gasteiger partial charge in [0.25, 0.3) is 0 Å². The van der Waals surface area contributed by atoms with Gasteiger partial charge < -0.3 is 0 Å². The van der Waals surface area contributed by atoms with E-state index in [-0.39, 0.29) is 0 Å². The molecule has 1 unspecified atom stereocenters. The average molecular weight is 290 g/mol. The van der Waals surface area contributed by atoms with Crippen LogP contribution in [-0.2, 0) is 0 Å². The zero-order valence-corrected chi connectivity index (χ0v) is 13.1. The molecule has 0 nitrogen and oxygen atoms in total. The maximum Gasteiger partial charge on any atom is 0.0347 e. The summed E-state index contributed by atoms with van der Waals surface area (Å²) in [5.41, 5.74) is 9.74. The summed E-state index contributed by atoms with van der Waals surface area (Å²) in [5, 5.41) is 0. The largest absolute Gasteiger partial charge is 0.0977 e. The molecule has 1 heteroatoms. The van der Waals surface area contributed by atoms with Crippen molar-refractivity contribution in [3.8, 4) is 0 Å².